The molecule has 2 rings (SSSR count). The summed E-state index contributed by atoms with van der Waals surface area (Å²) in [5.74, 6) is 0.976. The van der Waals surface area contributed by atoms with Gasteiger partial charge in [0.15, 0.2) is 0 Å². The molecule has 0 aliphatic carbocycles. The lowest BCUT2D eigenvalue weighted by atomic mass is 10.0. The fraction of sp³-hybridized carbons (Fsp3) is 0.583. The second-order valence-corrected chi connectivity index (χ2v) is 3.94. The first-order chi connectivity index (χ1) is 7.35. The Kier molecular flexibility index (Phi) is 3.21. The van der Waals surface area contributed by atoms with E-state index in [1.165, 1.54) is 12.0 Å². The molecule has 1 aromatic rings. The van der Waals surface area contributed by atoms with Gasteiger partial charge in [-0.15, -0.1) is 0 Å². The molecule has 0 aromatic carbocycles. The molecular weight excluding hydrogens is 188 g/mol. The molecule has 0 saturated carbocycles. The van der Waals surface area contributed by atoms with Crippen LogP contribution in [0.2, 0.25) is 0 Å². The van der Waals surface area contributed by atoms with Crippen LogP contribution in [-0.4, -0.2) is 18.6 Å². The van der Waals surface area contributed by atoms with Gasteiger partial charge in [0.25, 0.3) is 0 Å². The van der Waals surface area contributed by atoms with Gasteiger partial charge in [0.2, 0.25) is 0 Å². The van der Waals surface area contributed by atoms with E-state index < -0.39 is 0 Å². The van der Waals surface area contributed by atoms with Gasteiger partial charge in [-0.1, -0.05) is 13.3 Å². The largest absolute Gasteiger partial charge is 0.491 e. The van der Waals surface area contributed by atoms with E-state index >= 15 is 0 Å². The summed E-state index contributed by atoms with van der Waals surface area (Å²) in [6.45, 7) is 2.98. The van der Waals surface area contributed by atoms with E-state index in [-0.39, 0.29) is 0 Å². The minimum atomic E-state index is 0.400. The Bertz CT molecular complexity index is 338. The number of fused-ring (bicyclic) bond motifs is 1. The summed E-state index contributed by atoms with van der Waals surface area (Å²) < 4.78 is 5.52. The molecule has 0 unspecified atom stereocenters. The van der Waals surface area contributed by atoms with Crippen molar-refractivity contribution in [2.45, 2.75) is 32.2 Å². The molecule has 1 N–H and O–H groups in total. The van der Waals surface area contributed by atoms with Crippen LogP contribution in [0.4, 0.5) is 0 Å². The summed E-state index contributed by atoms with van der Waals surface area (Å²) in [6, 6.07) is 2.53. The molecule has 1 atom stereocenters. The number of hydrogen-bond donors (Lipinski definition) is 1. The maximum atomic E-state index is 5.52. The first kappa shape index (κ1) is 10.4. The van der Waals surface area contributed by atoms with Crippen LogP contribution in [0.25, 0.3) is 0 Å². The van der Waals surface area contributed by atoms with Crippen LogP contribution in [0.15, 0.2) is 12.3 Å². The third kappa shape index (κ3) is 2.12. The molecule has 0 bridgehead atoms. The number of nitrogens with one attached hydrogen (secondary N) is 1. The van der Waals surface area contributed by atoms with E-state index in [4.69, 9.17) is 4.74 Å². The monoisotopic (exact) mass is 206 g/mol. The van der Waals surface area contributed by atoms with Crippen LogP contribution < -0.4 is 10.1 Å². The zero-order valence-electron chi connectivity index (χ0n) is 9.42. The molecule has 0 saturated heterocycles. The van der Waals surface area contributed by atoms with Gasteiger partial charge in [0.1, 0.15) is 5.75 Å². The highest BCUT2D eigenvalue weighted by molar-refractivity contribution is 5.35. The molecule has 3 heteroatoms. The van der Waals surface area contributed by atoms with E-state index in [0.717, 1.165) is 30.9 Å². The van der Waals surface area contributed by atoms with E-state index in [9.17, 15) is 0 Å². The minimum Gasteiger partial charge on any atom is -0.491 e. The van der Waals surface area contributed by atoms with E-state index in [1.807, 2.05) is 13.2 Å². The summed E-state index contributed by atoms with van der Waals surface area (Å²) in [7, 11) is 1.99. The van der Waals surface area contributed by atoms with Crippen molar-refractivity contribution in [2.75, 3.05) is 13.7 Å². The lowest BCUT2D eigenvalue weighted by Gasteiger charge is -2.15. The number of pyridine rings is 1. The fourth-order valence-corrected chi connectivity index (χ4v) is 2.02. The van der Waals surface area contributed by atoms with Crippen molar-refractivity contribution >= 4 is 0 Å². The van der Waals surface area contributed by atoms with Crippen LogP contribution in [0.1, 0.15) is 37.1 Å². The smallest absolute Gasteiger partial charge is 0.141 e. The molecule has 0 radical (unpaired) electrons. The predicted octanol–water partition coefficient (Wildman–Crippen LogP) is 2.08. The molecule has 1 aliphatic heterocycles. The second kappa shape index (κ2) is 4.62. The van der Waals surface area contributed by atoms with Gasteiger partial charge in [-0.05, 0) is 25.1 Å². The first-order valence-electron chi connectivity index (χ1n) is 5.64. The topological polar surface area (TPSA) is 34.2 Å². The standard InChI is InChI=1S/C12H18N2O/c1-3-4-10(13-2)9-7-12-11(14-8-9)5-6-15-12/h7-8,10,13H,3-6H2,1-2H3/t10-/m0/s1. The molecule has 82 valence electrons. The first-order valence-corrected chi connectivity index (χ1v) is 5.64. The van der Waals surface area contributed by atoms with Crippen molar-refractivity contribution in [1.82, 2.24) is 10.3 Å². The molecule has 0 amide bonds. The average molecular weight is 206 g/mol. The lowest BCUT2D eigenvalue weighted by Crippen LogP contribution is -2.16. The number of hydrogen-bond acceptors (Lipinski definition) is 3. The summed E-state index contributed by atoms with van der Waals surface area (Å²) in [5.41, 5.74) is 2.34. The maximum absolute atomic E-state index is 5.52. The number of ether oxygens (including phenoxy) is 1. The van der Waals surface area contributed by atoms with E-state index in [1.54, 1.807) is 0 Å². The van der Waals surface area contributed by atoms with Gasteiger partial charge < -0.3 is 10.1 Å². The van der Waals surface area contributed by atoms with Gasteiger partial charge in [0.05, 0.1) is 12.3 Å². The molecule has 0 fully saturated rings. The van der Waals surface area contributed by atoms with Crippen LogP contribution in [0, 0.1) is 0 Å². The molecule has 1 aliphatic rings. The minimum absolute atomic E-state index is 0.400. The molecule has 0 spiro atoms. The fourth-order valence-electron chi connectivity index (χ4n) is 2.02. The normalized spacial score (nSPS) is 15.9. The summed E-state index contributed by atoms with van der Waals surface area (Å²) in [4.78, 5) is 4.45. The number of nitrogens with zero attached hydrogens (tertiary/aromatic N) is 1. The van der Waals surface area contributed by atoms with Crippen molar-refractivity contribution in [3.8, 4) is 5.75 Å². The highest BCUT2D eigenvalue weighted by Crippen LogP contribution is 2.27. The Morgan fingerprint density at radius 1 is 1.60 bits per heavy atom. The van der Waals surface area contributed by atoms with Crippen molar-refractivity contribution < 1.29 is 4.74 Å². The average Bonchev–Trinajstić information content (AvgIpc) is 2.72. The van der Waals surface area contributed by atoms with Crippen molar-refractivity contribution in [3.63, 3.8) is 0 Å². The molecular formula is C12H18N2O. The van der Waals surface area contributed by atoms with Crippen molar-refractivity contribution in [1.29, 1.82) is 0 Å². The SMILES string of the molecule is CCC[C@H](NC)c1cnc2c(c1)OCC2. The Morgan fingerprint density at radius 2 is 2.47 bits per heavy atom. The van der Waals surface area contributed by atoms with E-state index in [2.05, 4.69) is 23.3 Å². The quantitative estimate of drug-likeness (QED) is 0.819. The Hall–Kier alpha value is -1.09. The lowest BCUT2D eigenvalue weighted by molar-refractivity contribution is 0.356. The molecule has 3 nitrogen and oxygen atoms in total. The third-order valence-electron chi connectivity index (χ3n) is 2.88. The molecule has 2 heterocycles. The van der Waals surface area contributed by atoms with Gasteiger partial charge in [-0.3, -0.25) is 4.98 Å². The van der Waals surface area contributed by atoms with Crippen LogP contribution in [0.5, 0.6) is 5.75 Å². The van der Waals surface area contributed by atoms with Crippen LogP contribution in [-0.2, 0) is 6.42 Å². The summed E-state index contributed by atoms with van der Waals surface area (Å²) in [5, 5.41) is 3.31. The zero-order chi connectivity index (χ0) is 10.7. The Balaban J connectivity index is 2.20. The Labute approximate surface area is 90.9 Å². The van der Waals surface area contributed by atoms with Crippen molar-refractivity contribution in [2.24, 2.45) is 0 Å². The third-order valence-corrected chi connectivity index (χ3v) is 2.88. The summed E-state index contributed by atoms with van der Waals surface area (Å²) in [6.07, 6.45) is 5.23. The predicted molar refractivity (Wildman–Crippen MR) is 60.1 cm³/mol. The highest BCUT2D eigenvalue weighted by atomic mass is 16.5. The second-order valence-electron chi connectivity index (χ2n) is 3.94. The zero-order valence-corrected chi connectivity index (χ0v) is 9.42. The van der Waals surface area contributed by atoms with Gasteiger partial charge in [-0.25, -0.2) is 0 Å². The molecule has 1 aromatic heterocycles. The van der Waals surface area contributed by atoms with Gasteiger partial charge in [0, 0.05) is 18.7 Å². The van der Waals surface area contributed by atoms with Gasteiger partial charge in [-0.2, -0.15) is 0 Å². The van der Waals surface area contributed by atoms with Crippen LogP contribution >= 0.6 is 0 Å². The number of aromatic nitrogens is 1. The number of rotatable bonds is 4. The maximum Gasteiger partial charge on any atom is 0.141 e. The Morgan fingerprint density at radius 3 is 3.20 bits per heavy atom. The van der Waals surface area contributed by atoms with E-state index in [0.29, 0.717) is 6.04 Å². The molecule has 15 heavy (non-hydrogen) atoms. The van der Waals surface area contributed by atoms with Crippen molar-refractivity contribution in [3.05, 3.63) is 23.5 Å². The van der Waals surface area contributed by atoms with Crippen LogP contribution in [0.3, 0.4) is 0 Å². The highest BCUT2D eigenvalue weighted by Gasteiger charge is 2.16. The summed E-state index contributed by atoms with van der Waals surface area (Å²) >= 11 is 0. The van der Waals surface area contributed by atoms with Gasteiger partial charge >= 0.3 is 0 Å².